The topological polar surface area (TPSA) is 90.9 Å². The lowest BCUT2D eigenvalue weighted by Gasteiger charge is -2.34. The molecule has 136 valence electrons. The molecule has 2 fully saturated rings. The first-order valence-electron chi connectivity index (χ1n) is 8.66. The lowest BCUT2D eigenvalue weighted by atomic mass is 10.3. The summed E-state index contributed by atoms with van der Waals surface area (Å²) in [5.74, 6) is 3.61. The summed E-state index contributed by atoms with van der Waals surface area (Å²) >= 11 is 1.94. The van der Waals surface area contributed by atoms with Gasteiger partial charge < -0.3 is 20.4 Å². The summed E-state index contributed by atoms with van der Waals surface area (Å²) in [6.45, 7) is 5.24. The zero-order chi connectivity index (χ0) is 17.5. The minimum Gasteiger partial charge on any atom is -0.370 e. The van der Waals surface area contributed by atoms with Gasteiger partial charge in [0.25, 0.3) is 0 Å². The molecule has 2 saturated heterocycles. The fourth-order valence-electron chi connectivity index (χ4n) is 2.93. The van der Waals surface area contributed by atoms with Crippen LogP contribution in [-0.2, 0) is 4.79 Å². The minimum atomic E-state index is 0.138. The number of piperazine rings is 1. The molecule has 0 aliphatic carbocycles. The van der Waals surface area contributed by atoms with Crippen molar-refractivity contribution in [1.82, 2.24) is 19.8 Å². The van der Waals surface area contributed by atoms with Gasteiger partial charge in [-0.3, -0.25) is 9.79 Å². The van der Waals surface area contributed by atoms with Crippen molar-refractivity contribution in [2.24, 2.45) is 10.7 Å². The highest BCUT2D eigenvalue weighted by molar-refractivity contribution is 7.99. The SMILES string of the molecule is NC(=NCCC(=O)N1CCN(c2ncccn2)CC1)N1CCSCC1. The number of aliphatic imine (C=N–C) groups is 1. The van der Waals surface area contributed by atoms with Crippen LogP contribution >= 0.6 is 11.8 Å². The van der Waals surface area contributed by atoms with Crippen molar-refractivity contribution in [3.63, 3.8) is 0 Å². The van der Waals surface area contributed by atoms with E-state index in [4.69, 9.17) is 5.73 Å². The summed E-state index contributed by atoms with van der Waals surface area (Å²) in [6.07, 6.45) is 3.89. The highest BCUT2D eigenvalue weighted by Crippen LogP contribution is 2.11. The van der Waals surface area contributed by atoms with Gasteiger partial charge in [-0.2, -0.15) is 11.8 Å². The Morgan fingerprint density at radius 3 is 2.44 bits per heavy atom. The van der Waals surface area contributed by atoms with Crippen LogP contribution in [0.3, 0.4) is 0 Å². The third-order valence-corrected chi connectivity index (χ3v) is 5.34. The first kappa shape index (κ1) is 17.8. The predicted octanol–water partition coefficient (Wildman–Crippen LogP) is -0.121. The Balaban J connectivity index is 1.40. The van der Waals surface area contributed by atoms with Crippen molar-refractivity contribution >= 4 is 29.6 Å². The van der Waals surface area contributed by atoms with Crippen molar-refractivity contribution < 1.29 is 4.79 Å². The standard InChI is InChI=1S/C16H25N7OS/c17-15(22-10-12-25-13-11-22)18-5-2-14(24)21-6-8-23(9-7-21)16-19-3-1-4-20-16/h1,3-4H,2,5-13H2,(H2,17,18). The molecular formula is C16H25N7OS. The smallest absolute Gasteiger partial charge is 0.225 e. The molecule has 1 amide bonds. The maximum atomic E-state index is 12.3. The number of anilines is 1. The molecule has 1 aromatic heterocycles. The number of guanidine groups is 1. The number of thioether (sulfide) groups is 1. The monoisotopic (exact) mass is 363 g/mol. The number of nitrogens with two attached hydrogens (primary N) is 1. The Morgan fingerprint density at radius 2 is 1.76 bits per heavy atom. The molecule has 3 rings (SSSR count). The maximum Gasteiger partial charge on any atom is 0.225 e. The van der Waals surface area contributed by atoms with Gasteiger partial charge in [-0.05, 0) is 6.07 Å². The van der Waals surface area contributed by atoms with E-state index in [1.165, 1.54) is 0 Å². The molecular weight excluding hydrogens is 338 g/mol. The maximum absolute atomic E-state index is 12.3. The predicted molar refractivity (Wildman–Crippen MR) is 101 cm³/mol. The Labute approximate surface area is 152 Å². The summed E-state index contributed by atoms with van der Waals surface area (Å²) in [4.78, 5) is 31.3. The van der Waals surface area contributed by atoms with Crippen LogP contribution in [-0.4, -0.2) is 89.0 Å². The van der Waals surface area contributed by atoms with E-state index in [0.717, 1.165) is 43.6 Å². The average molecular weight is 363 g/mol. The van der Waals surface area contributed by atoms with Crippen molar-refractivity contribution in [2.75, 3.05) is 62.2 Å². The minimum absolute atomic E-state index is 0.138. The number of nitrogens with zero attached hydrogens (tertiary/aromatic N) is 6. The van der Waals surface area contributed by atoms with Gasteiger partial charge in [0, 0.05) is 69.6 Å². The second-order valence-corrected chi connectivity index (χ2v) is 7.23. The van der Waals surface area contributed by atoms with Crippen molar-refractivity contribution in [3.05, 3.63) is 18.5 Å². The Kier molecular flexibility index (Phi) is 6.32. The highest BCUT2D eigenvalue weighted by Gasteiger charge is 2.22. The number of carbonyl (C=O) groups excluding carboxylic acids is 1. The molecule has 0 unspecified atom stereocenters. The number of hydrogen-bond acceptors (Lipinski definition) is 6. The summed E-state index contributed by atoms with van der Waals surface area (Å²) in [5.41, 5.74) is 6.02. The summed E-state index contributed by atoms with van der Waals surface area (Å²) < 4.78 is 0. The van der Waals surface area contributed by atoms with Crippen LogP contribution in [0, 0.1) is 0 Å². The van der Waals surface area contributed by atoms with E-state index in [9.17, 15) is 4.79 Å². The Morgan fingerprint density at radius 1 is 1.08 bits per heavy atom. The van der Waals surface area contributed by atoms with E-state index in [2.05, 4.69) is 24.8 Å². The van der Waals surface area contributed by atoms with Crippen LogP contribution in [0.25, 0.3) is 0 Å². The van der Waals surface area contributed by atoms with E-state index >= 15 is 0 Å². The average Bonchev–Trinajstić information content (AvgIpc) is 2.69. The van der Waals surface area contributed by atoms with Gasteiger partial charge in [0.15, 0.2) is 5.96 Å². The van der Waals surface area contributed by atoms with E-state index in [0.29, 0.717) is 32.0 Å². The molecule has 0 atom stereocenters. The molecule has 0 radical (unpaired) electrons. The Hall–Kier alpha value is -2.03. The zero-order valence-electron chi connectivity index (χ0n) is 14.4. The molecule has 0 saturated carbocycles. The molecule has 2 aliphatic heterocycles. The largest absolute Gasteiger partial charge is 0.370 e. The summed E-state index contributed by atoms with van der Waals surface area (Å²) in [6, 6.07) is 1.80. The second kappa shape index (κ2) is 8.89. The normalized spacial score (nSPS) is 19.2. The van der Waals surface area contributed by atoms with Crippen LogP contribution in [0.15, 0.2) is 23.5 Å². The number of amides is 1. The van der Waals surface area contributed by atoms with Gasteiger partial charge in [0.05, 0.1) is 6.54 Å². The quantitative estimate of drug-likeness (QED) is 0.589. The molecule has 0 aromatic carbocycles. The molecule has 25 heavy (non-hydrogen) atoms. The van der Waals surface area contributed by atoms with Crippen LogP contribution in [0.1, 0.15) is 6.42 Å². The van der Waals surface area contributed by atoms with Gasteiger partial charge >= 0.3 is 0 Å². The van der Waals surface area contributed by atoms with Crippen molar-refractivity contribution in [2.45, 2.75) is 6.42 Å². The van der Waals surface area contributed by atoms with Gasteiger partial charge in [0.1, 0.15) is 0 Å². The van der Waals surface area contributed by atoms with Gasteiger partial charge in [-0.25, -0.2) is 9.97 Å². The number of rotatable bonds is 4. The molecule has 2 aliphatic rings. The van der Waals surface area contributed by atoms with E-state index in [-0.39, 0.29) is 5.91 Å². The molecule has 8 nitrogen and oxygen atoms in total. The summed E-state index contributed by atoms with van der Waals surface area (Å²) in [7, 11) is 0. The molecule has 3 heterocycles. The fourth-order valence-corrected chi connectivity index (χ4v) is 3.83. The second-order valence-electron chi connectivity index (χ2n) is 6.01. The lowest BCUT2D eigenvalue weighted by molar-refractivity contribution is -0.131. The van der Waals surface area contributed by atoms with Gasteiger partial charge in [0.2, 0.25) is 11.9 Å². The molecule has 0 bridgehead atoms. The fraction of sp³-hybridized carbons (Fsp3) is 0.625. The summed E-state index contributed by atoms with van der Waals surface area (Å²) in [5, 5.41) is 0. The molecule has 9 heteroatoms. The van der Waals surface area contributed by atoms with Crippen LogP contribution < -0.4 is 10.6 Å². The zero-order valence-corrected chi connectivity index (χ0v) is 15.2. The van der Waals surface area contributed by atoms with Crippen LogP contribution in [0.4, 0.5) is 5.95 Å². The lowest BCUT2D eigenvalue weighted by Crippen LogP contribution is -2.49. The molecule has 2 N–H and O–H groups in total. The van der Waals surface area contributed by atoms with E-state index in [1.54, 1.807) is 18.5 Å². The molecule has 1 aromatic rings. The third kappa shape index (κ3) is 4.97. The van der Waals surface area contributed by atoms with Crippen molar-refractivity contribution in [1.29, 1.82) is 0 Å². The number of aromatic nitrogens is 2. The number of carbonyl (C=O) groups is 1. The molecule has 0 spiro atoms. The van der Waals surface area contributed by atoms with Crippen LogP contribution in [0.5, 0.6) is 0 Å². The third-order valence-electron chi connectivity index (χ3n) is 4.40. The van der Waals surface area contributed by atoms with Gasteiger partial charge in [-0.1, -0.05) is 0 Å². The highest BCUT2D eigenvalue weighted by atomic mass is 32.2. The van der Waals surface area contributed by atoms with Crippen LogP contribution in [0.2, 0.25) is 0 Å². The first-order chi connectivity index (χ1) is 12.2. The van der Waals surface area contributed by atoms with E-state index in [1.807, 2.05) is 16.7 Å². The first-order valence-corrected chi connectivity index (χ1v) is 9.82. The van der Waals surface area contributed by atoms with Gasteiger partial charge in [-0.15, -0.1) is 0 Å². The Bertz CT molecular complexity index is 583. The number of hydrogen-bond donors (Lipinski definition) is 1. The van der Waals surface area contributed by atoms with E-state index < -0.39 is 0 Å². The van der Waals surface area contributed by atoms with Crippen molar-refractivity contribution in [3.8, 4) is 0 Å².